The number of carbonyl (C=O) groups excluding carboxylic acids is 2. The smallest absolute Gasteiger partial charge is 0.255 e. The minimum atomic E-state index is -0.168. The molecule has 0 spiro atoms. The average molecular weight is 401 g/mol. The van der Waals surface area contributed by atoms with E-state index in [1.807, 2.05) is 18.2 Å². The predicted molar refractivity (Wildman–Crippen MR) is 116 cm³/mol. The fraction of sp³-hybridized carbons (Fsp3) is 0.208. The Labute approximate surface area is 175 Å². The third kappa shape index (κ3) is 4.66. The minimum absolute atomic E-state index is 0.0311. The highest BCUT2D eigenvalue weighted by Crippen LogP contribution is 2.51. The molecule has 1 fully saturated rings. The quantitative estimate of drug-likeness (QED) is 0.601. The van der Waals surface area contributed by atoms with E-state index in [9.17, 15) is 9.59 Å². The Morgan fingerprint density at radius 2 is 1.60 bits per heavy atom. The zero-order valence-electron chi connectivity index (χ0n) is 16.9. The van der Waals surface area contributed by atoms with E-state index >= 15 is 0 Å². The van der Waals surface area contributed by atoms with Gasteiger partial charge in [-0.3, -0.25) is 9.59 Å². The van der Waals surface area contributed by atoms with Gasteiger partial charge in [0.05, 0.1) is 11.9 Å². The van der Waals surface area contributed by atoms with E-state index in [2.05, 4.69) is 29.5 Å². The first kappa shape index (κ1) is 19.6. The van der Waals surface area contributed by atoms with Crippen molar-refractivity contribution in [2.45, 2.75) is 20.3 Å². The van der Waals surface area contributed by atoms with Gasteiger partial charge in [0, 0.05) is 23.2 Å². The van der Waals surface area contributed by atoms with Gasteiger partial charge in [-0.05, 0) is 54.3 Å². The highest BCUT2D eigenvalue weighted by Gasteiger charge is 2.50. The Morgan fingerprint density at radius 3 is 2.20 bits per heavy atom. The highest BCUT2D eigenvalue weighted by atomic mass is 16.5. The van der Waals surface area contributed by atoms with Crippen LogP contribution in [0.3, 0.4) is 0 Å². The molecule has 1 saturated carbocycles. The fourth-order valence-corrected chi connectivity index (χ4v) is 3.18. The molecule has 30 heavy (non-hydrogen) atoms. The lowest BCUT2D eigenvalue weighted by atomic mass is 10.1. The van der Waals surface area contributed by atoms with E-state index in [0.717, 1.165) is 6.42 Å². The summed E-state index contributed by atoms with van der Waals surface area (Å²) in [5.41, 5.74) is 2.01. The van der Waals surface area contributed by atoms with Crippen LogP contribution in [0.4, 0.5) is 11.4 Å². The van der Waals surface area contributed by atoms with E-state index in [4.69, 9.17) is 4.74 Å². The SMILES string of the molecule is CC1(C)CC1C(=O)Nc1ccc(Oc2ccc(NC(=O)c3ccccc3)cc2)nc1. The summed E-state index contributed by atoms with van der Waals surface area (Å²) in [6.07, 6.45) is 2.49. The number of ether oxygens (including phenoxy) is 1. The van der Waals surface area contributed by atoms with Crippen LogP contribution in [0.5, 0.6) is 11.6 Å². The van der Waals surface area contributed by atoms with E-state index in [1.54, 1.807) is 54.7 Å². The number of amides is 2. The molecule has 1 unspecified atom stereocenters. The molecule has 0 aliphatic heterocycles. The van der Waals surface area contributed by atoms with E-state index < -0.39 is 0 Å². The lowest BCUT2D eigenvalue weighted by Gasteiger charge is -2.09. The van der Waals surface area contributed by atoms with Gasteiger partial charge in [-0.2, -0.15) is 0 Å². The molecule has 2 amide bonds. The van der Waals surface area contributed by atoms with Crippen molar-refractivity contribution in [3.05, 3.63) is 78.5 Å². The number of nitrogens with one attached hydrogen (secondary N) is 2. The number of anilines is 2. The van der Waals surface area contributed by atoms with Gasteiger partial charge >= 0.3 is 0 Å². The Kier molecular flexibility index (Phi) is 5.23. The molecule has 2 aromatic carbocycles. The minimum Gasteiger partial charge on any atom is -0.439 e. The Morgan fingerprint density at radius 1 is 0.933 bits per heavy atom. The summed E-state index contributed by atoms with van der Waals surface area (Å²) in [4.78, 5) is 28.6. The summed E-state index contributed by atoms with van der Waals surface area (Å²) in [6, 6.07) is 19.6. The molecule has 1 aliphatic rings. The maximum absolute atomic E-state index is 12.2. The molecule has 1 heterocycles. The molecule has 0 radical (unpaired) electrons. The van der Waals surface area contributed by atoms with Gasteiger partial charge < -0.3 is 15.4 Å². The van der Waals surface area contributed by atoms with Gasteiger partial charge in [0.25, 0.3) is 5.91 Å². The second kappa shape index (κ2) is 7.99. The predicted octanol–water partition coefficient (Wildman–Crippen LogP) is 5.11. The van der Waals surface area contributed by atoms with Crippen LogP contribution in [0, 0.1) is 11.3 Å². The molecular formula is C24H23N3O3. The van der Waals surface area contributed by atoms with Crippen LogP contribution in [-0.4, -0.2) is 16.8 Å². The van der Waals surface area contributed by atoms with Crippen LogP contribution in [0.25, 0.3) is 0 Å². The monoisotopic (exact) mass is 401 g/mol. The largest absolute Gasteiger partial charge is 0.439 e. The summed E-state index contributed by atoms with van der Waals surface area (Å²) < 4.78 is 5.74. The molecule has 6 nitrogen and oxygen atoms in total. The fourth-order valence-electron chi connectivity index (χ4n) is 3.18. The first-order chi connectivity index (χ1) is 14.4. The van der Waals surface area contributed by atoms with Gasteiger partial charge in [-0.25, -0.2) is 4.98 Å². The third-order valence-electron chi connectivity index (χ3n) is 5.20. The van der Waals surface area contributed by atoms with Gasteiger partial charge in [0.2, 0.25) is 11.8 Å². The number of hydrogen-bond donors (Lipinski definition) is 2. The third-order valence-corrected chi connectivity index (χ3v) is 5.20. The second-order valence-corrected chi connectivity index (χ2v) is 8.07. The molecule has 0 bridgehead atoms. The molecule has 1 aromatic heterocycles. The van der Waals surface area contributed by atoms with Crippen molar-refractivity contribution in [1.82, 2.24) is 4.98 Å². The first-order valence-corrected chi connectivity index (χ1v) is 9.82. The van der Waals surface area contributed by atoms with Crippen LogP contribution in [0.1, 0.15) is 30.6 Å². The van der Waals surface area contributed by atoms with Crippen molar-refractivity contribution < 1.29 is 14.3 Å². The zero-order valence-corrected chi connectivity index (χ0v) is 16.9. The number of rotatable bonds is 6. The molecule has 6 heteroatoms. The molecule has 1 atom stereocenters. The van der Waals surface area contributed by atoms with Crippen molar-refractivity contribution in [2.24, 2.45) is 11.3 Å². The highest BCUT2D eigenvalue weighted by molar-refractivity contribution is 6.04. The number of aromatic nitrogens is 1. The maximum Gasteiger partial charge on any atom is 0.255 e. The normalized spacial score (nSPS) is 16.4. The Hall–Kier alpha value is -3.67. The van der Waals surface area contributed by atoms with Crippen molar-refractivity contribution >= 4 is 23.2 Å². The van der Waals surface area contributed by atoms with Gasteiger partial charge in [-0.1, -0.05) is 32.0 Å². The molecule has 2 N–H and O–H groups in total. The summed E-state index contributed by atoms with van der Waals surface area (Å²) >= 11 is 0. The lowest BCUT2D eigenvalue weighted by molar-refractivity contribution is -0.118. The summed E-state index contributed by atoms with van der Waals surface area (Å²) in [7, 11) is 0. The summed E-state index contributed by atoms with van der Waals surface area (Å²) in [6.45, 7) is 4.18. The zero-order chi connectivity index (χ0) is 21.1. The Balaban J connectivity index is 1.32. The van der Waals surface area contributed by atoms with Crippen molar-refractivity contribution in [3.63, 3.8) is 0 Å². The lowest BCUT2D eigenvalue weighted by Crippen LogP contribution is -2.16. The van der Waals surface area contributed by atoms with Crippen LogP contribution in [-0.2, 0) is 4.79 Å². The van der Waals surface area contributed by atoms with Crippen LogP contribution < -0.4 is 15.4 Å². The molecule has 3 aromatic rings. The average Bonchev–Trinajstić information content (AvgIpc) is 3.40. The molecule has 4 rings (SSSR count). The standard InChI is InChI=1S/C24H23N3O3/c1-24(2)14-20(24)23(29)27-18-10-13-21(25-15-18)30-19-11-8-17(9-12-19)26-22(28)16-6-4-3-5-7-16/h3-13,15,20H,14H2,1-2H3,(H,26,28)(H,27,29). The molecule has 152 valence electrons. The van der Waals surface area contributed by atoms with Crippen molar-refractivity contribution in [3.8, 4) is 11.6 Å². The van der Waals surface area contributed by atoms with Crippen molar-refractivity contribution in [1.29, 1.82) is 0 Å². The van der Waals surface area contributed by atoms with Crippen LogP contribution in [0.15, 0.2) is 72.9 Å². The number of nitrogens with zero attached hydrogens (tertiary/aromatic N) is 1. The number of benzene rings is 2. The van der Waals surface area contributed by atoms with Gasteiger partial charge in [0.1, 0.15) is 5.75 Å². The van der Waals surface area contributed by atoms with Crippen molar-refractivity contribution in [2.75, 3.05) is 10.6 Å². The maximum atomic E-state index is 12.2. The topological polar surface area (TPSA) is 80.3 Å². The van der Waals surface area contributed by atoms with Crippen LogP contribution in [0.2, 0.25) is 0 Å². The number of pyridine rings is 1. The Bertz CT molecular complexity index is 1050. The summed E-state index contributed by atoms with van der Waals surface area (Å²) in [5.74, 6) is 0.939. The second-order valence-electron chi connectivity index (χ2n) is 8.07. The molecule has 1 aliphatic carbocycles. The molecule has 0 saturated heterocycles. The van der Waals surface area contributed by atoms with E-state index in [0.29, 0.717) is 28.6 Å². The van der Waals surface area contributed by atoms with E-state index in [1.165, 1.54) is 0 Å². The first-order valence-electron chi connectivity index (χ1n) is 9.82. The molecular weight excluding hydrogens is 378 g/mol. The van der Waals surface area contributed by atoms with Crippen LogP contribution >= 0.6 is 0 Å². The van der Waals surface area contributed by atoms with Gasteiger partial charge in [-0.15, -0.1) is 0 Å². The van der Waals surface area contributed by atoms with Gasteiger partial charge in [0.15, 0.2) is 0 Å². The summed E-state index contributed by atoms with van der Waals surface area (Å²) in [5, 5.41) is 5.74. The van der Waals surface area contributed by atoms with E-state index in [-0.39, 0.29) is 23.1 Å². The number of hydrogen-bond acceptors (Lipinski definition) is 4. The number of carbonyl (C=O) groups is 2.